The topological polar surface area (TPSA) is 39.2 Å². The van der Waals surface area contributed by atoms with Crippen molar-refractivity contribution >= 4 is 29.1 Å². The van der Waals surface area contributed by atoms with Crippen molar-refractivity contribution in [1.29, 1.82) is 0 Å². The van der Waals surface area contributed by atoms with E-state index in [1.807, 2.05) is 25.1 Å². The minimum atomic E-state index is -0.327. The van der Waals surface area contributed by atoms with Gasteiger partial charge in [0.05, 0.1) is 12.4 Å². The second kappa shape index (κ2) is 6.73. The van der Waals surface area contributed by atoms with E-state index in [0.29, 0.717) is 12.3 Å². The summed E-state index contributed by atoms with van der Waals surface area (Å²) < 4.78 is 4.98. The van der Waals surface area contributed by atoms with E-state index in [-0.39, 0.29) is 5.97 Å². The van der Waals surface area contributed by atoms with Crippen LogP contribution in [-0.4, -0.2) is 17.6 Å². The predicted octanol–water partition coefficient (Wildman–Crippen LogP) is 3.92. The summed E-state index contributed by atoms with van der Waals surface area (Å²) in [5, 5.41) is 0.953. The third kappa shape index (κ3) is 3.81. The number of nitrogens with zero attached hydrogens (tertiary/aromatic N) is 1. The van der Waals surface area contributed by atoms with E-state index in [1.165, 1.54) is 4.90 Å². The van der Waals surface area contributed by atoms with Gasteiger partial charge in [-0.15, -0.1) is 23.1 Å². The zero-order valence-electron chi connectivity index (χ0n) is 10.9. The van der Waals surface area contributed by atoms with Crippen molar-refractivity contribution in [3.8, 4) is 0 Å². The standard InChI is InChI=1S/C14H15NO2S2/c1-3-17-14(16)13-10(2)19-12(15-13)9-18-11-7-5-4-6-8-11/h4-8H,3,9H2,1-2H3. The summed E-state index contributed by atoms with van der Waals surface area (Å²) in [5.74, 6) is 0.446. The van der Waals surface area contributed by atoms with Gasteiger partial charge in [0, 0.05) is 9.77 Å². The molecule has 2 rings (SSSR count). The van der Waals surface area contributed by atoms with Crippen molar-refractivity contribution in [2.45, 2.75) is 24.5 Å². The van der Waals surface area contributed by atoms with Crippen LogP contribution in [0.25, 0.3) is 0 Å². The van der Waals surface area contributed by atoms with Crippen molar-refractivity contribution in [2.75, 3.05) is 6.61 Å². The van der Waals surface area contributed by atoms with Crippen LogP contribution in [0.3, 0.4) is 0 Å². The molecule has 0 spiro atoms. The summed E-state index contributed by atoms with van der Waals surface area (Å²) in [6.07, 6.45) is 0. The minimum Gasteiger partial charge on any atom is -0.461 e. The van der Waals surface area contributed by atoms with Gasteiger partial charge in [-0.3, -0.25) is 0 Å². The van der Waals surface area contributed by atoms with E-state index < -0.39 is 0 Å². The molecule has 100 valence electrons. The van der Waals surface area contributed by atoms with Gasteiger partial charge in [-0.1, -0.05) is 18.2 Å². The van der Waals surface area contributed by atoms with Crippen LogP contribution in [0.1, 0.15) is 27.3 Å². The summed E-state index contributed by atoms with van der Waals surface area (Å²) in [6.45, 7) is 4.08. The average Bonchev–Trinajstić information content (AvgIpc) is 2.79. The third-order valence-corrected chi connectivity index (χ3v) is 4.59. The number of hydrogen-bond acceptors (Lipinski definition) is 5. The molecular formula is C14H15NO2S2. The Balaban J connectivity index is 2.02. The van der Waals surface area contributed by atoms with Gasteiger partial charge in [-0.05, 0) is 26.0 Å². The average molecular weight is 293 g/mol. The van der Waals surface area contributed by atoms with E-state index >= 15 is 0 Å². The molecule has 0 aliphatic heterocycles. The molecule has 0 radical (unpaired) electrons. The highest BCUT2D eigenvalue weighted by atomic mass is 32.2. The summed E-state index contributed by atoms with van der Waals surface area (Å²) in [7, 11) is 0. The first-order valence-corrected chi connectivity index (χ1v) is 7.82. The Labute approximate surface area is 121 Å². The molecule has 1 aromatic carbocycles. The van der Waals surface area contributed by atoms with Crippen molar-refractivity contribution in [3.05, 3.63) is 45.9 Å². The van der Waals surface area contributed by atoms with Gasteiger partial charge in [0.1, 0.15) is 5.01 Å². The van der Waals surface area contributed by atoms with Crippen molar-refractivity contribution < 1.29 is 9.53 Å². The normalized spacial score (nSPS) is 10.4. The van der Waals surface area contributed by atoms with Crippen LogP contribution in [0.4, 0.5) is 0 Å². The Hall–Kier alpha value is -1.33. The van der Waals surface area contributed by atoms with Gasteiger partial charge in [0.2, 0.25) is 0 Å². The quantitative estimate of drug-likeness (QED) is 0.618. The fourth-order valence-corrected chi connectivity index (χ4v) is 3.40. The molecule has 0 unspecified atom stereocenters. The van der Waals surface area contributed by atoms with Crippen LogP contribution in [-0.2, 0) is 10.5 Å². The first kappa shape index (κ1) is 14.1. The lowest BCUT2D eigenvalue weighted by atomic mass is 10.4. The van der Waals surface area contributed by atoms with Crippen molar-refractivity contribution in [3.63, 3.8) is 0 Å². The Kier molecular flexibility index (Phi) is 4.99. The molecule has 0 saturated heterocycles. The number of rotatable bonds is 5. The van der Waals surface area contributed by atoms with Gasteiger partial charge in [0.15, 0.2) is 5.69 Å². The number of aromatic nitrogens is 1. The van der Waals surface area contributed by atoms with Crippen LogP contribution in [0.5, 0.6) is 0 Å². The number of thioether (sulfide) groups is 1. The molecule has 0 atom stereocenters. The van der Waals surface area contributed by atoms with Crippen LogP contribution in [0.2, 0.25) is 0 Å². The molecule has 0 N–H and O–H groups in total. The molecule has 3 nitrogen and oxygen atoms in total. The number of hydrogen-bond donors (Lipinski definition) is 0. The fraction of sp³-hybridized carbons (Fsp3) is 0.286. The van der Waals surface area contributed by atoms with Gasteiger partial charge in [-0.2, -0.15) is 0 Å². The molecule has 0 saturated carbocycles. The maximum Gasteiger partial charge on any atom is 0.358 e. The van der Waals surface area contributed by atoms with E-state index in [2.05, 4.69) is 17.1 Å². The highest BCUT2D eigenvalue weighted by Gasteiger charge is 2.16. The van der Waals surface area contributed by atoms with Crippen molar-refractivity contribution in [1.82, 2.24) is 4.98 Å². The summed E-state index contributed by atoms with van der Waals surface area (Å²) in [5.41, 5.74) is 0.454. The molecular weight excluding hydrogens is 278 g/mol. The minimum absolute atomic E-state index is 0.327. The number of aryl methyl sites for hydroxylation is 1. The van der Waals surface area contributed by atoms with Crippen LogP contribution in [0.15, 0.2) is 35.2 Å². The number of carbonyl (C=O) groups excluding carboxylic acids is 1. The monoisotopic (exact) mass is 293 g/mol. The molecule has 2 aromatic rings. The SMILES string of the molecule is CCOC(=O)c1nc(CSc2ccccc2)sc1C. The molecule has 0 amide bonds. The van der Waals surface area contributed by atoms with Crippen LogP contribution in [0, 0.1) is 6.92 Å². The Bertz CT molecular complexity index is 552. The Morgan fingerprint density at radius 2 is 2.11 bits per heavy atom. The molecule has 0 bridgehead atoms. The van der Waals surface area contributed by atoms with Gasteiger partial charge in [-0.25, -0.2) is 9.78 Å². The number of ether oxygens (including phenoxy) is 1. The number of esters is 1. The van der Waals surface area contributed by atoms with E-state index in [1.54, 1.807) is 30.0 Å². The summed E-state index contributed by atoms with van der Waals surface area (Å²) >= 11 is 3.27. The number of carbonyl (C=O) groups is 1. The summed E-state index contributed by atoms with van der Waals surface area (Å²) in [6, 6.07) is 10.2. The molecule has 0 aliphatic rings. The highest BCUT2D eigenvalue weighted by molar-refractivity contribution is 7.98. The van der Waals surface area contributed by atoms with Gasteiger partial charge < -0.3 is 4.74 Å². The lowest BCUT2D eigenvalue weighted by Gasteiger charge is -1.98. The van der Waals surface area contributed by atoms with Gasteiger partial charge >= 0.3 is 5.97 Å². The van der Waals surface area contributed by atoms with Gasteiger partial charge in [0.25, 0.3) is 0 Å². The number of benzene rings is 1. The lowest BCUT2D eigenvalue weighted by molar-refractivity contribution is 0.0519. The van der Waals surface area contributed by atoms with E-state index in [0.717, 1.165) is 15.6 Å². The fourth-order valence-electron chi connectivity index (χ4n) is 1.56. The molecule has 5 heteroatoms. The van der Waals surface area contributed by atoms with E-state index in [4.69, 9.17) is 4.74 Å². The maximum atomic E-state index is 11.7. The first-order chi connectivity index (χ1) is 9.20. The van der Waals surface area contributed by atoms with Crippen molar-refractivity contribution in [2.24, 2.45) is 0 Å². The highest BCUT2D eigenvalue weighted by Crippen LogP contribution is 2.26. The molecule has 19 heavy (non-hydrogen) atoms. The second-order valence-corrected chi connectivity index (χ2v) is 6.17. The molecule has 1 aromatic heterocycles. The molecule has 0 aliphatic carbocycles. The molecule has 0 fully saturated rings. The Morgan fingerprint density at radius 3 is 2.79 bits per heavy atom. The molecule has 1 heterocycles. The first-order valence-electron chi connectivity index (χ1n) is 6.02. The van der Waals surface area contributed by atoms with Crippen LogP contribution >= 0.6 is 23.1 Å². The summed E-state index contributed by atoms with van der Waals surface area (Å²) in [4.78, 5) is 18.2. The lowest BCUT2D eigenvalue weighted by Crippen LogP contribution is -2.06. The largest absolute Gasteiger partial charge is 0.461 e. The smallest absolute Gasteiger partial charge is 0.358 e. The third-order valence-electron chi connectivity index (χ3n) is 2.42. The van der Waals surface area contributed by atoms with E-state index in [9.17, 15) is 4.79 Å². The zero-order valence-corrected chi connectivity index (χ0v) is 12.5. The Morgan fingerprint density at radius 1 is 1.37 bits per heavy atom. The predicted molar refractivity (Wildman–Crippen MR) is 78.8 cm³/mol. The second-order valence-electron chi connectivity index (χ2n) is 3.83. The van der Waals surface area contributed by atoms with Crippen LogP contribution < -0.4 is 0 Å². The zero-order chi connectivity index (χ0) is 13.7. The number of thiazole rings is 1. The maximum absolute atomic E-state index is 11.7.